The Morgan fingerprint density at radius 3 is 1.96 bits per heavy atom. The number of amides is 2. The summed E-state index contributed by atoms with van der Waals surface area (Å²) in [6.45, 7) is 4.15. The number of quaternary nitrogens is 1. The summed E-state index contributed by atoms with van der Waals surface area (Å²) < 4.78 is 0. The molecule has 1 unspecified atom stereocenters. The maximum atomic E-state index is 12.5. The van der Waals surface area contributed by atoms with Crippen LogP contribution in [0.1, 0.15) is 19.4 Å². The third-order valence-electron chi connectivity index (χ3n) is 4.54. The van der Waals surface area contributed by atoms with Gasteiger partial charge < -0.3 is 20.4 Å². The minimum atomic E-state index is -0.200. The van der Waals surface area contributed by atoms with E-state index in [-0.39, 0.29) is 17.9 Å². The molecule has 2 rings (SSSR count). The van der Waals surface area contributed by atoms with Crippen molar-refractivity contribution in [3.05, 3.63) is 54.1 Å². The molecule has 2 atom stereocenters. The van der Waals surface area contributed by atoms with Crippen molar-refractivity contribution < 1.29 is 14.5 Å². The highest BCUT2D eigenvalue weighted by atomic mass is 16.2. The molecule has 2 aromatic carbocycles. The van der Waals surface area contributed by atoms with Crippen LogP contribution in [0.15, 0.2) is 48.5 Å². The molecule has 0 spiro atoms. The van der Waals surface area contributed by atoms with Gasteiger partial charge in [0.15, 0.2) is 6.04 Å². The SMILES string of the molecule is CC(=O)Nc1ccc(NC(=O)[C@@H](C)[NH+](C)Cc2ccc(N(C)C)cc2)cc1. The van der Waals surface area contributed by atoms with Crippen molar-refractivity contribution in [1.29, 1.82) is 0 Å². The van der Waals surface area contributed by atoms with Crippen LogP contribution in [0.25, 0.3) is 0 Å². The standard InChI is InChI=1S/C21H28N4O2/c1-15(25(5)14-17-6-12-20(13-7-17)24(3)4)21(27)23-19-10-8-18(9-11-19)22-16(2)26/h6-13,15H,14H2,1-5H3,(H,22,26)(H,23,27)/p+1/t15-/m1/s1. The van der Waals surface area contributed by atoms with E-state index in [1.165, 1.54) is 12.5 Å². The molecule has 0 bridgehead atoms. The number of carbonyl (C=O) groups is 2. The van der Waals surface area contributed by atoms with Gasteiger partial charge in [-0.3, -0.25) is 9.59 Å². The Hall–Kier alpha value is -2.86. The number of hydrogen-bond donors (Lipinski definition) is 3. The number of benzene rings is 2. The molecule has 0 saturated heterocycles. The van der Waals surface area contributed by atoms with Crippen molar-refractivity contribution in [2.45, 2.75) is 26.4 Å². The highest BCUT2D eigenvalue weighted by Crippen LogP contribution is 2.14. The molecule has 6 nitrogen and oxygen atoms in total. The first-order chi connectivity index (χ1) is 12.8. The fourth-order valence-electron chi connectivity index (χ4n) is 2.70. The summed E-state index contributed by atoms with van der Waals surface area (Å²) in [6, 6.07) is 15.3. The summed E-state index contributed by atoms with van der Waals surface area (Å²) in [5, 5.41) is 5.64. The van der Waals surface area contributed by atoms with Crippen LogP contribution in [0.3, 0.4) is 0 Å². The van der Waals surface area contributed by atoms with E-state index in [9.17, 15) is 9.59 Å². The highest BCUT2D eigenvalue weighted by molar-refractivity contribution is 5.94. The molecule has 0 radical (unpaired) electrons. The van der Waals surface area contributed by atoms with E-state index in [2.05, 4.69) is 39.8 Å². The summed E-state index contributed by atoms with van der Waals surface area (Å²) in [6.07, 6.45) is 0. The molecule has 2 aromatic rings. The topological polar surface area (TPSA) is 65.9 Å². The summed E-state index contributed by atoms with van der Waals surface area (Å²) in [4.78, 5) is 26.8. The lowest BCUT2D eigenvalue weighted by atomic mass is 10.1. The van der Waals surface area contributed by atoms with Gasteiger partial charge in [0.25, 0.3) is 5.91 Å². The molecule has 0 aliphatic carbocycles. The van der Waals surface area contributed by atoms with Gasteiger partial charge in [-0.15, -0.1) is 0 Å². The zero-order chi connectivity index (χ0) is 20.0. The molecular formula is C21H29N4O2+. The monoisotopic (exact) mass is 369 g/mol. The summed E-state index contributed by atoms with van der Waals surface area (Å²) in [7, 11) is 6.05. The average molecular weight is 369 g/mol. The smallest absolute Gasteiger partial charge is 0.282 e. The minimum absolute atomic E-state index is 0.0373. The Bertz CT molecular complexity index is 770. The fraction of sp³-hybridized carbons (Fsp3) is 0.333. The van der Waals surface area contributed by atoms with Crippen molar-refractivity contribution in [1.82, 2.24) is 0 Å². The molecule has 2 amide bonds. The van der Waals surface area contributed by atoms with Crippen molar-refractivity contribution in [2.24, 2.45) is 0 Å². The second kappa shape index (κ2) is 9.19. The number of anilines is 3. The van der Waals surface area contributed by atoms with Crippen LogP contribution in [-0.4, -0.2) is 39.0 Å². The molecule has 3 N–H and O–H groups in total. The third-order valence-corrected chi connectivity index (χ3v) is 4.54. The van der Waals surface area contributed by atoms with E-state index < -0.39 is 0 Å². The predicted octanol–water partition coefficient (Wildman–Crippen LogP) is 1.75. The van der Waals surface area contributed by atoms with Gasteiger partial charge in [0.2, 0.25) is 5.91 Å². The summed E-state index contributed by atoms with van der Waals surface area (Å²) in [5.41, 5.74) is 3.77. The van der Waals surface area contributed by atoms with Gasteiger partial charge in [0.05, 0.1) is 7.05 Å². The quantitative estimate of drug-likeness (QED) is 0.697. The highest BCUT2D eigenvalue weighted by Gasteiger charge is 2.22. The normalized spacial score (nSPS) is 12.8. The number of carbonyl (C=O) groups excluding carboxylic acids is 2. The average Bonchev–Trinajstić information content (AvgIpc) is 2.62. The van der Waals surface area contributed by atoms with Crippen LogP contribution in [-0.2, 0) is 16.1 Å². The molecular weight excluding hydrogens is 340 g/mol. The van der Waals surface area contributed by atoms with E-state index >= 15 is 0 Å². The van der Waals surface area contributed by atoms with Crippen LogP contribution >= 0.6 is 0 Å². The van der Waals surface area contributed by atoms with Gasteiger partial charge in [0.1, 0.15) is 6.54 Å². The molecule has 144 valence electrons. The number of rotatable bonds is 7. The van der Waals surface area contributed by atoms with Gasteiger partial charge in [-0.25, -0.2) is 0 Å². The van der Waals surface area contributed by atoms with E-state index in [1.54, 1.807) is 24.3 Å². The van der Waals surface area contributed by atoms with E-state index in [0.29, 0.717) is 11.4 Å². The van der Waals surface area contributed by atoms with Crippen molar-refractivity contribution >= 4 is 28.9 Å². The first-order valence-electron chi connectivity index (χ1n) is 9.03. The van der Waals surface area contributed by atoms with E-state index in [1.807, 2.05) is 28.1 Å². The van der Waals surface area contributed by atoms with E-state index in [4.69, 9.17) is 0 Å². The van der Waals surface area contributed by atoms with Gasteiger partial charge in [-0.2, -0.15) is 0 Å². The lowest BCUT2D eigenvalue weighted by Gasteiger charge is -2.21. The molecule has 0 aliphatic rings. The van der Waals surface area contributed by atoms with Crippen LogP contribution in [0, 0.1) is 0 Å². The largest absolute Gasteiger partial charge is 0.378 e. The Kier molecular flexibility index (Phi) is 6.96. The molecule has 0 heterocycles. The maximum Gasteiger partial charge on any atom is 0.282 e. The van der Waals surface area contributed by atoms with Crippen LogP contribution in [0.4, 0.5) is 17.1 Å². The number of nitrogens with zero attached hydrogens (tertiary/aromatic N) is 1. The number of hydrogen-bond acceptors (Lipinski definition) is 3. The Balaban J connectivity index is 1.92. The lowest BCUT2D eigenvalue weighted by molar-refractivity contribution is -0.907. The van der Waals surface area contributed by atoms with Crippen molar-refractivity contribution in [3.63, 3.8) is 0 Å². The van der Waals surface area contributed by atoms with Crippen LogP contribution in [0.2, 0.25) is 0 Å². The third kappa shape index (κ3) is 6.11. The second-order valence-electron chi connectivity index (χ2n) is 7.05. The zero-order valence-electron chi connectivity index (χ0n) is 16.7. The molecule has 0 fully saturated rings. The summed E-state index contributed by atoms with van der Waals surface area (Å²) >= 11 is 0. The summed E-state index contributed by atoms with van der Waals surface area (Å²) in [5.74, 6) is -0.158. The van der Waals surface area contributed by atoms with Gasteiger partial charge in [-0.05, 0) is 43.3 Å². The zero-order valence-corrected chi connectivity index (χ0v) is 16.7. The maximum absolute atomic E-state index is 12.5. The lowest BCUT2D eigenvalue weighted by Crippen LogP contribution is -3.12. The van der Waals surface area contributed by atoms with Gasteiger partial charge in [0, 0.05) is 43.6 Å². The van der Waals surface area contributed by atoms with Crippen LogP contribution in [0.5, 0.6) is 0 Å². The Labute approximate surface area is 161 Å². The number of likely N-dealkylation sites (N-methyl/N-ethyl adjacent to an activating group) is 1. The van der Waals surface area contributed by atoms with E-state index in [0.717, 1.165) is 17.1 Å². The number of nitrogens with one attached hydrogen (secondary N) is 3. The van der Waals surface area contributed by atoms with Gasteiger partial charge in [-0.1, -0.05) is 12.1 Å². The van der Waals surface area contributed by atoms with Gasteiger partial charge >= 0.3 is 0 Å². The molecule has 0 aromatic heterocycles. The molecule has 0 aliphatic heterocycles. The van der Waals surface area contributed by atoms with Crippen molar-refractivity contribution in [3.8, 4) is 0 Å². The van der Waals surface area contributed by atoms with Crippen molar-refractivity contribution in [2.75, 3.05) is 36.7 Å². The van der Waals surface area contributed by atoms with Crippen LogP contribution < -0.4 is 20.4 Å². The Morgan fingerprint density at radius 2 is 1.48 bits per heavy atom. The Morgan fingerprint density at radius 1 is 0.963 bits per heavy atom. The first kappa shape index (κ1) is 20.5. The molecule has 6 heteroatoms. The predicted molar refractivity (Wildman–Crippen MR) is 110 cm³/mol. The minimum Gasteiger partial charge on any atom is -0.378 e. The molecule has 0 saturated carbocycles. The second-order valence-corrected chi connectivity index (χ2v) is 7.05. The first-order valence-corrected chi connectivity index (χ1v) is 9.03. The molecule has 27 heavy (non-hydrogen) atoms. The fourth-order valence-corrected chi connectivity index (χ4v) is 2.70.